The molecular formula is C19H22N2O2S. The largest absolute Gasteiger partial charge is 0.496 e. The molecule has 0 atom stereocenters. The summed E-state index contributed by atoms with van der Waals surface area (Å²) in [5.41, 5.74) is 2.27. The van der Waals surface area contributed by atoms with Crippen molar-refractivity contribution in [2.75, 3.05) is 37.4 Å². The second-order valence-corrected chi connectivity index (χ2v) is 6.79. The molecule has 1 heterocycles. The van der Waals surface area contributed by atoms with Crippen molar-refractivity contribution in [2.45, 2.75) is 11.3 Å². The lowest BCUT2D eigenvalue weighted by Gasteiger charge is -2.30. The van der Waals surface area contributed by atoms with Gasteiger partial charge in [0.25, 0.3) is 0 Å². The van der Waals surface area contributed by atoms with E-state index in [1.54, 1.807) is 7.11 Å². The molecule has 0 saturated carbocycles. The number of carbonyl (C=O) groups is 1. The van der Waals surface area contributed by atoms with Crippen molar-refractivity contribution in [2.24, 2.45) is 0 Å². The minimum Gasteiger partial charge on any atom is -0.496 e. The zero-order valence-corrected chi connectivity index (χ0v) is 14.6. The molecule has 2 aromatic rings. The number of thioether (sulfide) groups is 1. The van der Waals surface area contributed by atoms with Crippen molar-refractivity contribution in [3.05, 3.63) is 54.1 Å². The average molecular weight is 342 g/mol. The van der Waals surface area contributed by atoms with Crippen molar-refractivity contribution in [3.8, 4) is 5.75 Å². The Kier molecular flexibility index (Phi) is 5.64. The lowest BCUT2D eigenvalue weighted by molar-refractivity contribution is -0.119. The van der Waals surface area contributed by atoms with Crippen LogP contribution in [-0.4, -0.2) is 38.4 Å². The summed E-state index contributed by atoms with van der Waals surface area (Å²) in [6.45, 7) is 1.93. The topological polar surface area (TPSA) is 41.6 Å². The summed E-state index contributed by atoms with van der Waals surface area (Å²) in [7, 11) is 1.67. The van der Waals surface area contributed by atoms with Gasteiger partial charge in [0.1, 0.15) is 5.75 Å². The first-order chi connectivity index (χ1) is 11.8. The van der Waals surface area contributed by atoms with Crippen LogP contribution in [0.15, 0.2) is 53.4 Å². The summed E-state index contributed by atoms with van der Waals surface area (Å²) in [4.78, 5) is 15.7. The number of para-hydroxylation sites is 2. The zero-order chi connectivity index (χ0) is 16.8. The minimum absolute atomic E-state index is 0.0617. The van der Waals surface area contributed by atoms with Crippen LogP contribution < -0.4 is 15.0 Å². The van der Waals surface area contributed by atoms with E-state index in [0.29, 0.717) is 13.1 Å². The van der Waals surface area contributed by atoms with Crippen molar-refractivity contribution < 1.29 is 9.53 Å². The molecule has 1 aliphatic heterocycles. The molecule has 0 aliphatic carbocycles. The Labute approximate surface area is 147 Å². The van der Waals surface area contributed by atoms with Crippen LogP contribution in [0.3, 0.4) is 0 Å². The molecule has 0 radical (unpaired) electrons. The van der Waals surface area contributed by atoms with Gasteiger partial charge in [0.05, 0.1) is 19.3 Å². The van der Waals surface area contributed by atoms with Gasteiger partial charge in [-0.05, 0) is 30.2 Å². The Morgan fingerprint density at radius 1 is 1.21 bits per heavy atom. The molecule has 0 fully saturated rings. The molecule has 0 unspecified atom stereocenters. The molecule has 1 N–H and O–H groups in total. The molecular weight excluding hydrogens is 320 g/mol. The standard InChI is InChI=1S/C19H22N2O2S/c1-23-17-8-4-2-6-15(17)10-11-20-19(22)14-21-12-13-24-18-9-5-3-7-16(18)21/h2-9H,10-14H2,1H3,(H,20,22). The van der Waals surface area contributed by atoms with Gasteiger partial charge >= 0.3 is 0 Å². The second kappa shape index (κ2) is 8.11. The first kappa shape index (κ1) is 16.7. The zero-order valence-electron chi connectivity index (χ0n) is 13.8. The van der Waals surface area contributed by atoms with E-state index in [0.717, 1.165) is 35.7 Å². The van der Waals surface area contributed by atoms with E-state index in [4.69, 9.17) is 4.74 Å². The molecule has 126 valence electrons. The summed E-state index contributed by atoms with van der Waals surface area (Å²) < 4.78 is 5.34. The van der Waals surface area contributed by atoms with Gasteiger partial charge in [0.2, 0.25) is 5.91 Å². The molecule has 1 aliphatic rings. The Hall–Kier alpha value is -2.14. The number of benzene rings is 2. The molecule has 2 aromatic carbocycles. The van der Waals surface area contributed by atoms with Gasteiger partial charge < -0.3 is 15.0 Å². The SMILES string of the molecule is COc1ccccc1CCNC(=O)CN1CCSc2ccccc21. The molecule has 1 amide bonds. The van der Waals surface area contributed by atoms with Gasteiger partial charge in [-0.25, -0.2) is 0 Å². The maximum absolute atomic E-state index is 12.3. The number of carbonyl (C=O) groups excluding carboxylic acids is 1. The Bertz CT molecular complexity index is 705. The first-order valence-electron chi connectivity index (χ1n) is 8.13. The Morgan fingerprint density at radius 3 is 2.88 bits per heavy atom. The normalized spacial score (nSPS) is 13.3. The summed E-state index contributed by atoms with van der Waals surface area (Å²) in [5, 5.41) is 3.02. The summed E-state index contributed by atoms with van der Waals surface area (Å²) in [6.07, 6.45) is 0.766. The number of hydrogen-bond donors (Lipinski definition) is 1. The highest BCUT2D eigenvalue weighted by Crippen LogP contribution is 2.33. The van der Waals surface area contributed by atoms with Crippen molar-refractivity contribution in [3.63, 3.8) is 0 Å². The average Bonchev–Trinajstić information content (AvgIpc) is 2.62. The number of ether oxygens (including phenoxy) is 1. The smallest absolute Gasteiger partial charge is 0.239 e. The van der Waals surface area contributed by atoms with Gasteiger partial charge in [-0.1, -0.05) is 30.3 Å². The number of methoxy groups -OCH3 is 1. The quantitative estimate of drug-likeness (QED) is 0.876. The van der Waals surface area contributed by atoms with E-state index in [1.165, 1.54) is 4.90 Å². The Balaban J connectivity index is 1.52. The molecule has 0 spiro atoms. The predicted octanol–water partition coefficient (Wildman–Crippen LogP) is 2.97. The number of amides is 1. The first-order valence-corrected chi connectivity index (χ1v) is 9.12. The number of anilines is 1. The van der Waals surface area contributed by atoms with E-state index in [2.05, 4.69) is 22.3 Å². The molecule has 0 aromatic heterocycles. The summed E-state index contributed by atoms with van der Waals surface area (Å²) >= 11 is 1.85. The van der Waals surface area contributed by atoms with E-state index in [1.807, 2.05) is 48.2 Å². The third kappa shape index (κ3) is 4.03. The van der Waals surface area contributed by atoms with E-state index in [-0.39, 0.29) is 5.91 Å². The van der Waals surface area contributed by atoms with Gasteiger partial charge in [-0.2, -0.15) is 0 Å². The number of rotatable bonds is 6. The van der Waals surface area contributed by atoms with Gasteiger partial charge in [0, 0.05) is 23.7 Å². The van der Waals surface area contributed by atoms with Crippen molar-refractivity contribution in [1.82, 2.24) is 5.32 Å². The summed E-state index contributed by atoms with van der Waals surface area (Å²) in [5.74, 6) is 1.95. The maximum atomic E-state index is 12.3. The predicted molar refractivity (Wildman–Crippen MR) is 99.1 cm³/mol. The van der Waals surface area contributed by atoms with Crippen LogP contribution in [0.5, 0.6) is 5.75 Å². The van der Waals surface area contributed by atoms with Crippen LogP contribution in [0.25, 0.3) is 0 Å². The highest BCUT2D eigenvalue weighted by atomic mass is 32.2. The molecule has 0 bridgehead atoms. The van der Waals surface area contributed by atoms with Gasteiger partial charge in [-0.3, -0.25) is 4.79 Å². The molecule has 24 heavy (non-hydrogen) atoms. The van der Waals surface area contributed by atoms with Crippen LogP contribution in [0.2, 0.25) is 0 Å². The monoisotopic (exact) mass is 342 g/mol. The maximum Gasteiger partial charge on any atom is 0.239 e. The van der Waals surface area contributed by atoms with Crippen molar-refractivity contribution >= 4 is 23.4 Å². The lowest BCUT2D eigenvalue weighted by atomic mass is 10.1. The van der Waals surface area contributed by atoms with Gasteiger partial charge in [-0.15, -0.1) is 11.8 Å². The van der Waals surface area contributed by atoms with Crippen LogP contribution in [0.4, 0.5) is 5.69 Å². The highest BCUT2D eigenvalue weighted by Gasteiger charge is 2.18. The van der Waals surface area contributed by atoms with Crippen LogP contribution in [0.1, 0.15) is 5.56 Å². The van der Waals surface area contributed by atoms with Crippen LogP contribution in [0, 0.1) is 0 Å². The number of hydrogen-bond acceptors (Lipinski definition) is 4. The number of nitrogens with zero attached hydrogens (tertiary/aromatic N) is 1. The number of nitrogens with one attached hydrogen (secondary N) is 1. The molecule has 4 nitrogen and oxygen atoms in total. The van der Waals surface area contributed by atoms with Crippen LogP contribution in [-0.2, 0) is 11.2 Å². The molecule has 3 rings (SSSR count). The second-order valence-electron chi connectivity index (χ2n) is 5.65. The minimum atomic E-state index is 0.0617. The molecule has 0 saturated heterocycles. The number of fused-ring (bicyclic) bond motifs is 1. The van der Waals surface area contributed by atoms with E-state index >= 15 is 0 Å². The fourth-order valence-electron chi connectivity index (χ4n) is 2.87. The van der Waals surface area contributed by atoms with Crippen LogP contribution >= 0.6 is 11.8 Å². The lowest BCUT2D eigenvalue weighted by Crippen LogP contribution is -2.40. The fourth-order valence-corrected chi connectivity index (χ4v) is 3.92. The summed E-state index contributed by atoms with van der Waals surface area (Å²) in [6, 6.07) is 16.2. The third-order valence-corrected chi connectivity index (χ3v) is 5.11. The third-order valence-electron chi connectivity index (χ3n) is 4.07. The van der Waals surface area contributed by atoms with Gasteiger partial charge in [0.15, 0.2) is 0 Å². The van der Waals surface area contributed by atoms with E-state index in [9.17, 15) is 4.79 Å². The van der Waals surface area contributed by atoms with Crippen molar-refractivity contribution in [1.29, 1.82) is 0 Å². The Morgan fingerprint density at radius 2 is 2.00 bits per heavy atom. The fraction of sp³-hybridized carbons (Fsp3) is 0.316. The molecule has 5 heteroatoms. The highest BCUT2D eigenvalue weighted by molar-refractivity contribution is 7.99. The van der Waals surface area contributed by atoms with E-state index < -0.39 is 0 Å².